The van der Waals surface area contributed by atoms with E-state index in [1.165, 1.54) is 40.0 Å². The maximum atomic E-state index is 12.4. The van der Waals surface area contributed by atoms with Crippen molar-refractivity contribution in [3.05, 3.63) is 81.4 Å². The highest BCUT2D eigenvalue weighted by molar-refractivity contribution is 8.00. The predicted molar refractivity (Wildman–Crippen MR) is 135 cm³/mol. The molecule has 0 aliphatic rings. The molecule has 0 aliphatic carbocycles. The first-order valence-corrected chi connectivity index (χ1v) is 12.6. The summed E-state index contributed by atoms with van der Waals surface area (Å²) in [5.41, 5.74) is 3.87. The largest absolute Gasteiger partial charge is 0.321 e. The summed E-state index contributed by atoms with van der Waals surface area (Å²) in [6.45, 7) is 4.06. The van der Waals surface area contributed by atoms with E-state index in [1.54, 1.807) is 6.07 Å². The molecule has 2 heterocycles. The highest BCUT2D eigenvalue weighted by atomic mass is 32.2. The summed E-state index contributed by atoms with van der Waals surface area (Å²) in [6, 6.07) is 19.3. The SMILES string of the molecule is Cc1ccc(-c2nc(NC(=O)CSc3ccc(NC(=O)c4cccs4)cc3)sc2C)cc1. The van der Waals surface area contributed by atoms with Crippen molar-refractivity contribution in [3.63, 3.8) is 0 Å². The highest BCUT2D eigenvalue weighted by Gasteiger charge is 2.13. The maximum Gasteiger partial charge on any atom is 0.265 e. The Morgan fingerprint density at radius 2 is 1.72 bits per heavy atom. The summed E-state index contributed by atoms with van der Waals surface area (Å²) >= 11 is 4.32. The van der Waals surface area contributed by atoms with Gasteiger partial charge in [0.25, 0.3) is 5.91 Å². The van der Waals surface area contributed by atoms with Crippen LogP contribution in [0, 0.1) is 13.8 Å². The van der Waals surface area contributed by atoms with Gasteiger partial charge >= 0.3 is 0 Å². The molecule has 0 radical (unpaired) electrons. The van der Waals surface area contributed by atoms with E-state index in [1.807, 2.05) is 54.8 Å². The summed E-state index contributed by atoms with van der Waals surface area (Å²) in [4.78, 5) is 31.8. The van der Waals surface area contributed by atoms with E-state index < -0.39 is 0 Å². The predicted octanol–water partition coefficient (Wildman–Crippen LogP) is 6.47. The van der Waals surface area contributed by atoms with Gasteiger partial charge in [-0.3, -0.25) is 9.59 Å². The van der Waals surface area contributed by atoms with Gasteiger partial charge < -0.3 is 10.6 Å². The molecule has 0 saturated heterocycles. The number of carbonyl (C=O) groups is 2. The van der Waals surface area contributed by atoms with E-state index in [4.69, 9.17) is 0 Å². The summed E-state index contributed by atoms with van der Waals surface area (Å²) < 4.78 is 0. The molecule has 2 aromatic carbocycles. The molecule has 0 bridgehead atoms. The molecule has 2 N–H and O–H groups in total. The van der Waals surface area contributed by atoms with Gasteiger partial charge in [-0.2, -0.15) is 0 Å². The van der Waals surface area contributed by atoms with Gasteiger partial charge in [-0.1, -0.05) is 35.9 Å². The lowest BCUT2D eigenvalue weighted by molar-refractivity contribution is -0.113. The number of thiophene rings is 1. The van der Waals surface area contributed by atoms with Crippen molar-refractivity contribution in [2.45, 2.75) is 18.7 Å². The summed E-state index contributed by atoms with van der Waals surface area (Å²) in [5.74, 6) is 0.0529. The Morgan fingerprint density at radius 3 is 2.41 bits per heavy atom. The van der Waals surface area contributed by atoms with Crippen LogP contribution in [0.5, 0.6) is 0 Å². The Morgan fingerprint density at radius 1 is 0.969 bits per heavy atom. The third-order valence-electron chi connectivity index (χ3n) is 4.60. The van der Waals surface area contributed by atoms with Gasteiger partial charge in [0.2, 0.25) is 5.91 Å². The highest BCUT2D eigenvalue weighted by Crippen LogP contribution is 2.31. The van der Waals surface area contributed by atoms with Crippen molar-refractivity contribution in [1.29, 1.82) is 0 Å². The molecule has 2 amide bonds. The van der Waals surface area contributed by atoms with Crippen molar-refractivity contribution in [1.82, 2.24) is 4.98 Å². The number of hydrogen-bond acceptors (Lipinski definition) is 6. The Labute approximate surface area is 198 Å². The first-order chi connectivity index (χ1) is 15.5. The molecule has 0 spiro atoms. The third kappa shape index (κ3) is 5.64. The molecule has 4 rings (SSSR count). The van der Waals surface area contributed by atoms with Crippen molar-refractivity contribution in [3.8, 4) is 11.3 Å². The zero-order valence-corrected chi connectivity index (χ0v) is 20.0. The molecule has 4 aromatic rings. The molecular formula is C24H21N3O2S3. The monoisotopic (exact) mass is 479 g/mol. The number of anilines is 2. The number of thiazole rings is 1. The van der Waals surface area contributed by atoms with Gasteiger partial charge in [-0.05, 0) is 49.6 Å². The fraction of sp³-hybridized carbons (Fsp3) is 0.125. The van der Waals surface area contributed by atoms with Crippen LogP contribution < -0.4 is 10.6 Å². The molecule has 32 heavy (non-hydrogen) atoms. The van der Waals surface area contributed by atoms with E-state index in [-0.39, 0.29) is 17.6 Å². The second kappa shape index (κ2) is 10.1. The van der Waals surface area contributed by atoms with Gasteiger partial charge in [0.05, 0.1) is 16.3 Å². The molecule has 2 aromatic heterocycles. The number of thioether (sulfide) groups is 1. The first kappa shape index (κ1) is 22.3. The number of benzene rings is 2. The van der Waals surface area contributed by atoms with E-state index in [0.29, 0.717) is 10.0 Å². The van der Waals surface area contributed by atoms with Crippen LogP contribution in [0.15, 0.2) is 70.9 Å². The molecule has 0 unspecified atom stereocenters. The van der Waals surface area contributed by atoms with E-state index in [0.717, 1.165) is 26.7 Å². The minimum atomic E-state index is -0.122. The Bertz CT molecular complexity index is 1210. The van der Waals surface area contributed by atoms with Crippen LogP contribution in [0.25, 0.3) is 11.3 Å². The number of aromatic nitrogens is 1. The Kier molecular flexibility index (Phi) is 7.04. The van der Waals surface area contributed by atoms with Gasteiger partial charge in [0.15, 0.2) is 5.13 Å². The topological polar surface area (TPSA) is 71.1 Å². The van der Waals surface area contributed by atoms with Crippen LogP contribution in [-0.2, 0) is 4.79 Å². The lowest BCUT2D eigenvalue weighted by Crippen LogP contribution is -2.13. The van der Waals surface area contributed by atoms with Crippen LogP contribution in [0.1, 0.15) is 20.1 Å². The van der Waals surface area contributed by atoms with Crippen LogP contribution in [0.4, 0.5) is 10.8 Å². The third-order valence-corrected chi connectivity index (χ3v) is 7.36. The molecular weight excluding hydrogens is 458 g/mol. The molecule has 8 heteroatoms. The summed E-state index contributed by atoms with van der Waals surface area (Å²) in [7, 11) is 0. The number of rotatable bonds is 7. The number of nitrogens with zero attached hydrogens (tertiary/aromatic N) is 1. The molecule has 5 nitrogen and oxygen atoms in total. The number of carbonyl (C=O) groups excluding carboxylic acids is 2. The standard InChI is InChI=1S/C24H21N3O2S3/c1-15-5-7-17(8-6-15)22-16(2)32-24(27-22)26-21(28)14-31-19-11-9-18(10-12-19)25-23(29)20-4-3-13-30-20/h3-13H,14H2,1-2H3,(H,25,29)(H,26,27,28). The second-order valence-electron chi connectivity index (χ2n) is 7.08. The quantitative estimate of drug-likeness (QED) is 0.298. The second-order valence-corrected chi connectivity index (χ2v) is 10.3. The smallest absolute Gasteiger partial charge is 0.265 e. The van der Waals surface area contributed by atoms with E-state index >= 15 is 0 Å². The Balaban J connectivity index is 1.30. The minimum absolute atomic E-state index is 0.103. The van der Waals surface area contributed by atoms with Crippen molar-refractivity contribution >= 4 is 57.1 Å². The van der Waals surface area contributed by atoms with Gasteiger partial charge in [-0.15, -0.1) is 34.4 Å². The van der Waals surface area contributed by atoms with E-state index in [2.05, 4.69) is 34.7 Å². The summed E-state index contributed by atoms with van der Waals surface area (Å²) in [6.07, 6.45) is 0. The summed E-state index contributed by atoms with van der Waals surface area (Å²) in [5, 5.41) is 8.25. The van der Waals surface area contributed by atoms with Gasteiger partial charge in [0.1, 0.15) is 0 Å². The maximum absolute atomic E-state index is 12.4. The van der Waals surface area contributed by atoms with Crippen LogP contribution in [0.3, 0.4) is 0 Å². The van der Waals surface area contributed by atoms with Crippen molar-refractivity contribution in [2.24, 2.45) is 0 Å². The molecule has 0 atom stereocenters. The first-order valence-electron chi connectivity index (χ1n) is 9.90. The van der Waals surface area contributed by atoms with E-state index in [9.17, 15) is 9.59 Å². The fourth-order valence-corrected chi connectivity index (χ4v) is 5.14. The average Bonchev–Trinajstić information content (AvgIpc) is 3.44. The average molecular weight is 480 g/mol. The van der Waals surface area contributed by atoms with Crippen LogP contribution in [0.2, 0.25) is 0 Å². The van der Waals surface area contributed by atoms with Gasteiger partial charge in [0, 0.05) is 21.0 Å². The normalized spacial score (nSPS) is 10.7. The number of nitrogens with one attached hydrogen (secondary N) is 2. The zero-order valence-electron chi connectivity index (χ0n) is 17.5. The van der Waals surface area contributed by atoms with Crippen molar-refractivity contribution < 1.29 is 9.59 Å². The Hall–Kier alpha value is -2.94. The van der Waals surface area contributed by atoms with Crippen LogP contribution >= 0.6 is 34.4 Å². The lowest BCUT2D eigenvalue weighted by Gasteiger charge is -2.06. The van der Waals surface area contributed by atoms with Crippen LogP contribution in [-0.4, -0.2) is 22.6 Å². The minimum Gasteiger partial charge on any atom is -0.321 e. The zero-order chi connectivity index (χ0) is 22.5. The van der Waals surface area contributed by atoms with Gasteiger partial charge in [-0.25, -0.2) is 4.98 Å². The molecule has 0 aliphatic heterocycles. The van der Waals surface area contributed by atoms with Crippen molar-refractivity contribution in [2.75, 3.05) is 16.4 Å². The number of amides is 2. The molecule has 0 fully saturated rings. The lowest BCUT2D eigenvalue weighted by atomic mass is 10.1. The molecule has 162 valence electrons. The molecule has 0 saturated carbocycles. The number of hydrogen-bond donors (Lipinski definition) is 2. The number of aryl methyl sites for hydroxylation is 2. The fourth-order valence-electron chi connectivity index (χ4n) is 2.97.